The summed E-state index contributed by atoms with van der Waals surface area (Å²) in [5.74, 6) is -2.37. The van der Waals surface area contributed by atoms with E-state index in [-0.39, 0.29) is 53.2 Å². The number of fused-ring (bicyclic) bond motifs is 1. The third-order valence-electron chi connectivity index (χ3n) is 7.88. The molecule has 204 valence electrons. The number of methoxy groups -OCH3 is 1. The largest absolute Gasteiger partial charge is 0.369 e. The molecule has 2 aliphatic rings. The molecule has 1 amide bonds. The SMILES string of the molecule is CO[C@@H](c1ccccc1)c1nc2cc(F)c(F)cc2n1C(C(=O)NC1CCCCC1)C1CCS(=O)(=O)CC1. The standard InChI is InChI=1S/C28H33F2N3O4S/c1-37-26(19-8-4-2-5-9-19)27-32-23-16-21(29)22(30)17-24(23)33(27)25(18-12-14-38(35,36)15-13-18)28(34)31-20-10-6-3-7-11-20/h2,4-5,8-9,16-18,20,25-26H,3,6-7,10-15H2,1H3,(H,31,34)/t25?,26-/m0/s1. The van der Waals surface area contributed by atoms with E-state index in [9.17, 15) is 22.0 Å². The highest BCUT2D eigenvalue weighted by molar-refractivity contribution is 7.91. The van der Waals surface area contributed by atoms with Crippen LogP contribution in [0.4, 0.5) is 8.78 Å². The third kappa shape index (κ3) is 5.47. The number of carbonyl (C=O) groups excluding carboxylic acids is 1. The first-order valence-corrected chi connectivity index (χ1v) is 15.0. The highest BCUT2D eigenvalue weighted by atomic mass is 32.2. The van der Waals surface area contributed by atoms with Crippen molar-refractivity contribution in [1.82, 2.24) is 14.9 Å². The van der Waals surface area contributed by atoms with Gasteiger partial charge in [0, 0.05) is 25.3 Å². The molecule has 1 saturated carbocycles. The van der Waals surface area contributed by atoms with Crippen LogP contribution >= 0.6 is 0 Å². The van der Waals surface area contributed by atoms with E-state index in [0.29, 0.717) is 5.82 Å². The predicted molar refractivity (Wildman–Crippen MR) is 140 cm³/mol. The minimum Gasteiger partial charge on any atom is -0.369 e. The molecule has 5 rings (SSSR count). The molecule has 1 unspecified atom stereocenters. The number of nitrogens with zero attached hydrogens (tertiary/aromatic N) is 2. The monoisotopic (exact) mass is 545 g/mol. The van der Waals surface area contributed by atoms with Gasteiger partial charge in [0.15, 0.2) is 11.6 Å². The molecule has 1 aliphatic carbocycles. The quantitative estimate of drug-likeness (QED) is 0.458. The molecular weight excluding hydrogens is 512 g/mol. The Balaban J connectivity index is 1.67. The second-order valence-corrected chi connectivity index (χ2v) is 12.7. The summed E-state index contributed by atoms with van der Waals surface area (Å²) in [4.78, 5) is 18.7. The Morgan fingerprint density at radius 3 is 2.34 bits per heavy atom. The van der Waals surface area contributed by atoms with Crippen LogP contribution in [0.5, 0.6) is 0 Å². The Morgan fingerprint density at radius 2 is 1.68 bits per heavy atom. The Labute approximate surface area is 221 Å². The van der Waals surface area contributed by atoms with Crippen LogP contribution in [-0.2, 0) is 19.4 Å². The summed E-state index contributed by atoms with van der Waals surface area (Å²) in [6, 6.07) is 10.6. The van der Waals surface area contributed by atoms with Gasteiger partial charge in [-0.05, 0) is 37.2 Å². The topological polar surface area (TPSA) is 90.3 Å². The van der Waals surface area contributed by atoms with Crippen molar-refractivity contribution in [1.29, 1.82) is 0 Å². The molecule has 1 aliphatic heterocycles. The molecule has 1 N–H and O–H groups in total. The fourth-order valence-corrected chi connectivity index (χ4v) is 7.43. The normalized spacial score (nSPS) is 20.3. The minimum atomic E-state index is -3.19. The number of nitrogens with one attached hydrogen (secondary N) is 1. The number of benzene rings is 2. The van der Waals surface area contributed by atoms with Gasteiger partial charge in [0.2, 0.25) is 5.91 Å². The van der Waals surface area contributed by atoms with Crippen LogP contribution in [-0.4, -0.2) is 48.5 Å². The van der Waals surface area contributed by atoms with Gasteiger partial charge in [-0.15, -0.1) is 0 Å². The maximum atomic E-state index is 14.6. The Hall–Kier alpha value is -2.85. The van der Waals surface area contributed by atoms with Crippen LogP contribution in [0.15, 0.2) is 42.5 Å². The van der Waals surface area contributed by atoms with E-state index in [0.717, 1.165) is 49.8 Å². The molecule has 3 aromatic rings. The van der Waals surface area contributed by atoms with Gasteiger partial charge < -0.3 is 14.6 Å². The van der Waals surface area contributed by atoms with Gasteiger partial charge in [0.25, 0.3) is 0 Å². The molecule has 7 nitrogen and oxygen atoms in total. The number of ether oxygens (including phenoxy) is 1. The first-order chi connectivity index (χ1) is 18.3. The number of rotatable bonds is 7. The van der Waals surface area contributed by atoms with Crippen molar-refractivity contribution in [2.75, 3.05) is 18.6 Å². The van der Waals surface area contributed by atoms with Crippen molar-refractivity contribution >= 4 is 26.8 Å². The molecule has 0 spiro atoms. The summed E-state index contributed by atoms with van der Waals surface area (Å²) >= 11 is 0. The molecule has 38 heavy (non-hydrogen) atoms. The Kier molecular flexibility index (Phi) is 7.81. The van der Waals surface area contributed by atoms with Gasteiger partial charge >= 0.3 is 0 Å². The maximum absolute atomic E-state index is 14.6. The van der Waals surface area contributed by atoms with Crippen LogP contribution < -0.4 is 5.32 Å². The second kappa shape index (κ2) is 11.1. The van der Waals surface area contributed by atoms with E-state index >= 15 is 0 Å². The van der Waals surface area contributed by atoms with Crippen LogP contribution in [0, 0.1) is 17.6 Å². The fraction of sp³-hybridized carbons (Fsp3) is 0.500. The first kappa shape index (κ1) is 26.7. The van der Waals surface area contributed by atoms with E-state index in [1.165, 1.54) is 7.11 Å². The van der Waals surface area contributed by atoms with Crippen LogP contribution in [0.3, 0.4) is 0 Å². The van der Waals surface area contributed by atoms with E-state index in [1.807, 2.05) is 30.3 Å². The number of aromatic nitrogens is 2. The van der Waals surface area contributed by atoms with Crippen LogP contribution in [0.1, 0.15) is 68.5 Å². The zero-order valence-electron chi connectivity index (χ0n) is 21.4. The van der Waals surface area contributed by atoms with E-state index in [4.69, 9.17) is 4.74 Å². The number of imidazole rings is 1. The first-order valence-electron chi connectivity index (χ1n) is 13.2. The highest BCUT2D eigenvalue weighted by Gasteiger charge is 2.39. The summed E-state index contributed by atoms with van der Waals surface area (Å²) < 4.78 is 60.9. The van der Waals surface area contributed by atoms with E-state index in [2.05, 4.69) is 10.3 Å². The lowest BCUT2D eigenvalue weighted by Gasteiger charge is -2.34. The number of hydrogen-bond acceptors (Lipinski definition) is 5. The summed E-state index contributed by atoms with van der Waals surface area (Å²) in [5.41, 5.74) is 1.25. The summed E-state index contributed by atoms with van der Waals surface area (Å²) in [5, 5.41) is 3.19. The van der Waals surface area contributed by atoms with Crippen molar-refractivity contribution in [2.24, 2.45) is 5.92 Å². The fourth-order valence-electron chi connectivity index (χ4n) is 5.90. The lowest BCUT2D eigenvalue weighted by atomic mass is 9.90. The number of hydrogen-bond donors (Lipinski definition) is 1. The summed E-state index contributed by atoms with van der Waals surface area (Å²) in [6.07, 6.45) is 4.80. The second-order valence-electron chi connectivity index (χ2n) is 10.4. The van der Waals surface area contributed by atoms with Gasteiger partial charge in [-0.3, -0.25) is 4.79 Å². The Morgan fingerprint density at radius 1 is 1.03 bits per heavy atom. The number of sulfone groups is 1. The van der Waals surface area contributed by atoms with E-state index in [1.54, 1.807) is 4.57 Å². The zero-order valence-corrected chi connectivity index (χ0v) is 22.2. The summed E-state index contributed by atoms with van der Waals surface area (Å²) in [6.45, 7) is 0. The van der Waals surface area contributed by atoms with Crippen molar-refractivity contribution in [3.63, 3.8) is 0 Å². The molecule has 2 heterocycles. The third-order valence-corrected chi connectivity index (χ3v) is 9.59. The Bertz CT molecular complexity index is 1390. The van der Waals surface area contributed by atoms with Crippen molar-refractivity contribution in [2.45, 2.75) is 63.1 Å². The predicted octanol–water partition coefficient (Wildman–Crippen LogP) is 4.87. The van der Waals surface area contributed by atoms with Crippen LogP contribution in [0.25, 0.3) is 11.0 Å². The molecule has 10 heteroatoms. The molecule has 1 aromatic heterocycles. The van der Waals surface area contributed by atoms with Crippen molar-refractivity contribution in [3.8, 4) is 0 Å². The number of carbonyl (C=O) groups is 1. The maximum Gasteiger partial charge on any atom is 0.243 e. The van der Waals surface area contributed by atoms with Crippen molar-refractivity contribution < 1.29 is 26.7 Å². The number of amides is 1. The molecule has 2 atom stereocenters. The van der Waals surface area contributed by atoms with Gasteiger partial charge in [-0.25, -0.2) is 22.2 Å². The van der Waals surface area contributed by atoms with Gasteiger partial charge in [0.1, 0.15) is 27.8 Å². The lowest BCUT2D eigenvalue weighted by molar-refractivity contribution is -0.127. The molecule has 0 radical (unpaired) electrons. The smallest absolute Gasteiger partial charge is 0.243 e. The molecule has 0 bridgehead atoms. The zero-order chi connectivity index (χ0) is 26.9. The van der Waals surface area contributed by atoms with Gasteiger partial charge in [-0.1, -0.05) is 49.6 Å². The average Bonchev–Trinajstić information content (AvgIpc) is 3.24. The lowest BCUT2D eigenvalue weighted by Crippen LogP contribution is -2.45. The highest BCUT2D eigenvalue weighted by Crippen LogP contribution is 2.38. The average molecular weight is 546 g/mol. The van der Waals surface area contributed by atoms with Crippen molar-refractivity contribution in [3.05, 3.63) is 65.5 Å². The van der Waals surface area contributed by atoms with Crippen LogP contribution in [0.2, 0.25) is 0 Å². The number of halogens is 2. The van der Waals surface area contributed by atoms with Gasteiger partial charge in [-0.2, -0.15) is 0 Å². The van der Waals surface area contributed by atoms with E-state index < -0.39 is 33.6 Å². The molecular formula is C28H33F2N3O4S. The molecule has 1 saturated heterocycles. The molecule has 2 aromatic carbocycles. The minimum absolute atomic E-state index is 0.0193. The summed E-state index contributed by atoms with van der Waals surface area (Å²) in [7, 11) is -1.67. The van der Waals surface area contributed by atoms with Gasteiger partial charge in [0.05, 0.1) is 22.5 Å². The molecule has 2 fully saturated rings.